The Kier molecular flexibility index (Phi) is 2.49. The molecule has 5 heteroatoms. The third-order valence-corrected chi connectivity index (χ3v) is 2.45. The molecule has 0 unspecified atom stereocenters. The Labute approximate surface area is 81.1 Å². The summed E-state index contributed by atoms with van der Waals surface area (Å²) in [5.41, 5.74) is 0.648. The monoisotopic (exact) mass is 196 g/mol. The molecule has 0 saturated heterocycles. The maximum absolute atomic E-state index is 10.5. The van der Waals surface area contributed by atoms with Gasteiger partial charge in [-0.1, -0.05) is 11.6 Å². The van der Waals surface area contributed by atoms with E-state index in [9.17, 15) is 4.79 Å². The third kappa shape index (κ3) is 1.93. The second-order valence-corrected chi connectivity index (χ2v) is 3.50. The average Bonchev–Trinajstić information content (AvgIpc) is 2.50. The fourth-order valence-electron chi connectivity index (χ4n) is 1.36. The van der Waals surface area contributed by atoms with Gasteiger partial charge in [-0.25, -0.2) is 4.79 Å². The van der Waals surface area contributed by atoms with Crippen molar-refractivity contribution in [2.75, 3.05) is 0 Å². The van der Waals surface area contributed by atoms with Gasteiger partial charge in [0.15, 0.2) is 0 Å². The second kappa shape index (κ2) is 3.79. The van der Waals surface area contributed by atoms with Gasteiger partial charge in [0.05, 0.1) is 5.69 Å². The number of hydrogen-bond donors (Lipinski definition) is 2. The maximum Gasteiger partial charge on any atom is 0.374 e. The molecule has 0 aliphatic heterocycles. The lowest BCUT2D eigenvalue weighted by atomic mass is 9.93. The fraction of sp³-hybridized carbons (Fsp3) is 0.556. The van der Waals surface area contributed by atoms with E-state index in [0.29, 0.717) is 18.3 Å². The predicted molar refractivity (Wildman–Crippen MR) is 47.9 cm³/mol. The number of aromatic nitrogens is 1. The zero-order chi connectivity index (χ0) is 9.97. The Morgan fingerprint density at radius 3 is 3.00 bits per heavy atom. The Morgan fingerprint density at radius 2 is 2.50 bits per heavy atom. The van der Waals surface area contributed by atoms with Crippen LogP contribution in [0.4, 0.5) is 0 Å². The molecule has 1 saturated carbocycles. The van der Waals surface area contributed by atoms with Gasteiger partial charge in [-0.15, -0.1) is 0 Å². The van der Waals surface area contributed by atoms with E-state index in [1.807, 2.05) is 0 Å². The molecule has 0 radical (unpaired) electrons. The Hall–Kier alpha value is -1.36. The van der Waals surface area contributed by atoms with Crippen LogP contribution >= 0.6 is 0 Å². The summed E-state index contributed by atoms with van der Waals surface area (Å²) in [6, 6.07) is 2.02. The van der Waals surface area contributed by atoms with Crippen molar-refractivity contribution >= 4 is 5.97 Å². The summed E-state index contributed by atoms with van der Waals surface area (Å²) in [6.07, 6.45) is 3.67. The lowest BCUT2D eigenvalue weighted by Gasteiger charge is -2.25. The van der Waals surface area contributed by atoms with Crippen molar-refractivity contribution in [1.29, 1.82) is 0 Å². The number of carbonyl (C=O) groups is 1. The minimum absolute atomic E-state index is 0.101. The molecule has 1 aromatic rings. The molecule has 0 bridgehead atoms. The molecule has 1 aliphatic rings. The zero-order valence-electron chi connectivity index (χ0n) is 7.69. The van der Waals surface area contributed by atoms with Gasteiger partial charge in [0.1, 0.15) is 0 Å². The van der Waals surface area contributed by atoms with Crippen LogP contribution in [-0.4, -0.2) is 22.3 Å². The molecule has 0 amide bonds. The minimum Gasteiger partial charge on any atom is -0.475 e. The summed E-state index contributed by atoms with van der Waals surface area (Å²) in [7, 11) is 0. The van der Waals surface area contributed by atoms with Crippen LogP contribution in [0.15, 0.2) is 10.6 Å². The van der Waals surface area contributed by atoms with E-state index in [-0.39, 0.29) is 5.76 Å². The van der Waals surface area contributed by atoms with E-state index >= 15 is 0 Å². The molecule has 1 aliphatic carbocycles. The highest BCUT2D eigenvalue weighted by atomic mass is 16.5. The van der Waals surface area contributed by atoms with E-state index in [0.717, 1.165) is 0 Å². The standard InChI is InChI=1S/C9H12N2O3/c12-9(13)8-4-7(11-14-8)5-10-6-2-1-3-6/h4,6,10H,1-3,5H2,(H,12,13). The van der Waals surface area contributed by atoms with Gasteiger partial charge in [-0.2, -0.15) is 0 Å². The summed E-state index contributed by atoms with van der Waals surface area (Å²) in [5.74, 6) is -1.18. The fourth-order valence-corrected chi connectivity index (χ4v) is 1.36. The smallest absolute Gasteiger partial charge is 0.374 e. The van der Waals surface area contributed by atoms with Crippen LogP contribution in [-0.2, 0) is 6.54 Å². The van der Waals surface area contributed by atoms with Gasteiger partial charge < -0.3 is 14.9 Å². The molecule has 14 heavy (non-hydrogen) atoms. The molecule has 2 N–H and O–H groups in total. The van der Waals surface area contributed by atoms with Crippen LogP contribution in [0.3, 0.4) is 0 Å². The number of nitrogens with zero attached hydrogens (tertiary/aromatic N) is 1. The van der Waals surface area contributed by atoms with E-state index in [2.05, 4.69) is 15.0 Å². The van der Waals surface area contributed by atoms with Crippen LogP contribution in [0.1, 0.15) is 35.5 Å². The van der Waals surface area contributed by atoms with Crippen LogP contribution < -0.4 is 5.32 Å². The maximum atomic E-state index is 10.5. The molecule has 0 atom stereocenters. The predicted octanol–water partition coefficient (Wildman–Crippen LogP) is 1.01. The van der Waals surface area contributed by atoms with E-state index in [4.69, 9.17) is 5.11 Å². The van der Waals surface area contributed by atoms with E-state index in [1.165, 1.54) is 25.3 Å². The SMILES string of the molecule is O=C(O)c1cc(CNC2CCC2)no1. The largest absolute Gasteiger partial charge is 0.475 e. The van der Waals surface area contributed by atoms with Crippen LogP contribution in [0.5, 0.6) is 0 Å². The number of aromatic carboxylic acids is 1. The lowest BCUT2D eigenvalue weighted by Crippen LogP contribution is -2.34. The number of nitrogens with one attached hydrogen (secondary N) is 1. The molecule has 0 spiro atoms. The molecule has 2 rings (SSSR count). The Morgan fingerprint density at radius 1 is 1.71 bits per heavy atom. The minimum atomic E-state index is -1.08. The Bertz CT molecular complexity index is 331. The molecule has 76 valence electrons. The first kappa shape index (κ1) is 9.21. The van der Waals surface area contributed by atoms with Gasteiger partial charge in [0.2, 0.25) is 5.76 Å². The van der Waals surface area contributed by atoms with Crippen molar-refractivity contribution in [3.05, 3.63) is 17.5 Å². The number of rotatable bonds is 4. The van der Waals surface area contributed by atoms with Gasteiger partial charge in [-0.3, -0.25) is 0 Å². The second-order valence-electron chi connectivity index (χ2n) is 3.50. The summed E-state index contributed by atoms with van der Waals surface area (Å²) in [4.78, 5) is 10.5. The Balaban J connectivity index is 1.86. The molecular weight excluding hydrogens is 184 g/mol. The van der Waals surface area contributed by atoms with Crippen molar-refractivity contribution < 1.29 is 14.4 Å². The van der Waals surface area contributed by atoms with Gasteiger partial charge in [-0.05, 0) is 12.8 Å². The highest BCUT2D eigenvalue weighted by Crippen LogP contribution is 2.18. The van der Waals surface area contributed by atoms with Crippen LogP contribution in [0, 0.1) is 0 Å². The van der Waals surface area contributed by atoms with Crippen molar-refractivity contribution in [2.45, 2.75) is 31.8 Å². The van der Waals surface area contributed by atoms with Crippen molar-refractivity contribution in [1.82, 2.24) is 10.5 Å². The van der Waals surface area contributed by atoms with Gasteiger partial charge in [0.25, 0.3) is 0 Å². The molecule has 5 nitrogen and oxygen atoms in total. The molecule has 1 fully saturated rings. The highest BCUT2D eigenvalue weighted by Gasteiger charge is 2.17. The third-order valence-electron chi connectivity index (χ3n) is 2.45. The number of carboxylic acid groups (broad SMARTS) is 1. The normalized spacial score (nSPS) is 16.6. The van der Waals surface area contributed by atoms with Crippen LogP contribution in [0.25, 0.3) is 0 Å². The van der Waals surface area contributed by atoms with Crippen molar-refractivity contribution in [3.8, 4) is 0 Å². The molecular formula is C9H12N2O3. The highest BCUT2D eigenvalue weighted by molar-refractivity contribution is 5.84. The zero-order valence-corrected chi connectivity index (χ0v) is 7.69. The first-order valence-electron chi connectivity index (χ1n) is 4.68. The summed E-state index contributed by atoms with van der Waals surface area (Å²) in [6.45, 7) is 0.585. The van der Waals surface area contributed by atoms with E-state index in [1.54, 1.807) is 0 Å². The lowest BCUT2D eigenvalue weighted by molar-refractivity contribution is 0.0652. The molecule has 1 aromatic heterocycles. The van der Waals surface area contributed by atoms with Gasteiger partial charge in [0, 0.05) is 18.7 Å². The first-order valence-corrected chi connectivity index (χ1v) is 4.68. The summed E-state index contributed by atoms with van der Waals surface area (Å²) in [5, 5.41) is 15.5. The summed E-state index contributed by atoms with van der Waals surface area (Å²) >= 11 is 0. The number of carboxylic acids is 1. The average molecular weight is 196 g/mol. The number of hydrogen-bond acceptors (Lipinski definition) is 4. The van der Waals surface area contributed by atoms with Gasteiger partial charge >= 0.3 is 5.97 Å². The van der Waals surface area contributed by atoms with Crippen molar-refractivity contribution in [2.24, 2.45) is 0 Å². The first-order chi connectivity index (χ1) is 6.75. The quantitative estimate of drug-likeness (QED) is 0.751. The van der Waals surface area contributed by atoms with Crippen LogP contribution in [0.2, 0.25) is 0 Å². The topological polar surface area (TPSA) is 75.4 Å². The molecule has 1 heterocycles. The molecule has 0 aromatic carbocycles. The van der Waals surface area contributed by atoms with E-state index < -0.39 is 5.97 Å². The van der Waals surface area contributed by atoms with Crippen molar-refractivity contribution in [3.63, 3.8) is 0 Å². The summed E-state index contributed by atoms with van der Waals surface area (Å²) < 4.78 is 4.62.